The first kappa shape index (κ1) is 32.5. The number of nitrogens with one attached hydrogen (secondary N) is 1. The summed E-state index contributed by atoms with van der Waals surface area (Å²) in [7, 11) is 0. The Morgan fingerprint density at radius 1 is 0.397 bits per heavy atom. The molecule has 4 nitrogen and oxygen atoms in total. The van der Waals surface area contributed by atoms with Gasteiger partial charge in [-0.3, -0.25) is 4.99 Å². The minimum absolute atomic E-state index is 0.232. The van der Waals surface area contributed by atoms with Crippen LogP contribution in [0.1, 0.15) is 17.3 Å². The molecule has 1 unspecified atom stereocenters. The summed E-state index contributed by atoms with van der Waals surface area (Å²) in [6, 6.07) is 74.5. The Labute approximate surface area is 334 Å². The smallest absolute Gasteiger partial charge is 0.145 e. The van der Waals surface area contributed by atoms with E-state index in [1.54, 1.807) is 0 Å². The summed E-state index contributed by atoms with van der Waals surface area (Å²) in [5.74, 6) is 0. The zero-order valence-corrected chi connectivity index (χ0v) is 31.5. The van der Waals surface area contributed by atoms with Crippen molar-refractivity contribution in [3.63, 3.8) is 0 Å². The maximum Gasteiger partial charge on any atom is 0.145 e. The monoisotopic (exact) mass is 740 g/mol. The molecule has 0 bridgehead atoms. The predicted molar refractivity (Wildman–Crippen MR) is 240 cm³/mol. The number of nitrogens with zero attached hydrogens (tertiary/aromatic N) is 3. The van der Waals surface area contributed by atoms with Crippen LogP contribution in [0.3, 0.4) is 0 Å². The molecule has 1 atom stereocenters. The topological polar surface area (TPSA) is 34.2 Å². The third-order valence-electron chi connectivity index (χ3n) is 11.9. The molecular weight excluding hydrogens is 705 g/mol. The Hall–Kier alpha value is -7.69. The number of para-hydroxylation sites is 3. The van der Waals surface area contributed by atoms with Crippen molar-refractivity contribution in [2.45, 2.75) is 6.17 Å². The van der Waals surface area contributed by atoms with Crippen molar-refractivity contribution >= 4 is 60.1 Å². The van der Waals surface area contributed by atoms with Crippen molar-refractivity contribution in [1.82, 2.24) is 14.5 Å². The number of benzene rings is 9. The maximum atomic E-state index is 5.22. The van der Waals surface area contributed by atoms with E-state index in [4.69, 9.17) is 4.99 Å². The zero-order valence-electron chi connectivity index (χ0n) is 31.5. The fraction of sp³-hybridized carbons (Fsp3) is 0.0185. The second-order valence-electron chi connectivity index (χ2n) is 15.2. The van der Waals surface area contributed by atoms with Crippen molar-refractivity contribution in [3.05, 3.63) is 228 Å². The molecule has 9 aromatic carbocycles. The molecule has 0 aliphatic carbocycles. The molecule has 2 aromatic heterocycles. The van der Waals surface area contributed by atoms with Gasteiger partial charge in [0.05, 0.1) is 33.1 Å². The van der Waals surface area contributed by atoms with Crippen LogP contribution < -0.4 is 15.9 Å². The van der Waals surface area contributed by atoms with E-state index in [-0.39, 0.29) is 6.17 Å². The summed E-state index contributed by atoms with van der Waals surface area (Å²) in [6.45, 7) is 0. The zero-order chi connectivity index (χ0) is 38.2. The molecule has 4 heteroatoms. The van der Waals surface area contributed by atoms with Gasteiger partial charge in [0.15, 0.2) is 0 Å². The number of hydrogen-bond acceptors (Lipinski definition) is 2. The van der Waals surface area contributed by atoms with E-state index >= 15 is 0 Å². The second kappa shape index (κ2) is 12.9. The molecule has 0 radical (unpaired) electrons. The molecule has 12 rings (SSSR count). The molecule has 58 heavy (non-hydrogen) atoms. The van der Waals surface area contributed by atoms with Gasteiger partial charge in [-0.2, -0.15) is 0 Å². The molecule has 1 aliphatic heterocycles. The number of fused-ring (bicyclic) bond motifs is 9. The van der Waals surface area contributed by atoms with Gasteiger partial charge in [0.1, 0.15) is 6.17 Å². The average molecular weight is 741 g/mol. The van der Waals surface area contributed by atoms with Crippen LogP contribution in [-0.4, -0.2) is 9.13 Å². The van der Waals surface area contributed by atoms with Crippen molar-refractivity contribution in [3.8, 4) is 22.5 Å². The summed E-state index contributed by atoms with van der Waals surface area (Å²) in [5.41, 5.74) is 12.8. The van der Waals surface area contributed by atoms with Crippen molar-refractivity contribution in [2.75, 3.05) is 0 Å². The fourth-order valence-electron chi connectivity index (χ4n) is 9.27. The maximum absolute atomic E-state index is 5.22. The molecule has 1 aliphatic rings. The fourth-order valence-corrected chi connectivity index (χ4v) is 9.27. The van der Waals surface area contributed by atoms with Crippen LogP contribution in [0.15, 0.2) is 211 Å². The molecule has 1 N–H and O–H groups in total. The predicted octanol–water partition coefficient (Wildman–Crippen LogP) is 11.8. The van der Waals surface area contributed by atoms with Crippen LogP contribution >= 0.6 is 0 Å². The van der Waals surface area contributed by atoms with E-state index in [1.807, 2.05) is 0 Å². The lowest BCUT2D eigenvalue weighted by Gasteiger charge is -2.23. The first-order valence-corrected chi connectivity index (χ1v) is 19.9. The van der Waals surface area contributed by atoms with Crippen LogP contribution in [-0.2, 0) is 0 Å². The summed E-state index contributed by atoms with van der Waals surface area (Å²) in [5, 5.41) is 13.4. The SMILES string of the molecule is c1ccc(C2=c3ccccc3=NC(c3cccc(-n4c5ccccc5c5cc(-c6ccc7c(c6)c6c8ccccc8ccc6n7-c6ccccc6)ccc54)c3)N2)cc1. The highest BCUT2D eigenvalue weighted by atomic mass is 15.1. The Kier molecular flexibility index (Phi) is 7.26. The van der Waals surface area contributed by atoms with Crippen molar-refractivity contribution in [1.29, 1.82) is 0 Å². The van der Waals surface area contributed by atoms with Crippen LogP contribution in [0.4, 0.5) is 0 Å². The molecule has 0 saturated heterocycles. The minimum atomic E-state index is -0.232. The van der Waals surface area contributed by atoms with Crippen molar-refractivity contribution in [2.24, 2.45) is 4.99 Å². The Morgan fingerprint density at radius 3 is 1.86 bits per heavy atom. The Morgan fingerprint density at radius 2 is 1.02 bits per heavy atom. The first-order chi connectivity index (χ1) is 28.8. The summed E-state index contributed by atoms with van der Waals surface area (Å²) < 4.78 is 4.81. The van der Waals surface area contributed by atoms with E-state index in [9.17, 15) is 0 Å². The third kappa shape index (κ3) is 5.05. The molecular formula is C54H36N4. The van der Waals surface area contributed by atoms with Crippen LogP contribution in [0, 0.1) is 0 Å². The average Bonchev–Trinajstić information content (AvgIpc) is 3.82. The molecule has 0 saturated carbocycles. The molecule has 0 spiro atoms. The Balaban J connectivity index is 0.999. The highest BCUT2D eigenvalue weighted by Gasteiger charge is 2.20. The quantitative estimate of drug-likeness (QED) is 0.187. The van der Waals surface area contributed by atoms with Gasteiger partial charge < -0.3 is 14.5 Å². The van der Waals surface area contributed by atoms with Crippen LogP contribution in [0.5, 0.6) is 0 Å². The van der Waals surface area contributed by atoms with E-state index in [2.05, 4.69) is 221 Å². The number of rotatable bonds is 5. The van der Waals surface area contributed by atoms with Crippen LogP contribution in [0.25, 0.3) is 82.6 Å². The summed E-state index contributed by atoms with van der Waals surface area (Å²) in [4.78, 5) is 5.22. The van der Waals surface area contributed by atoms with Crippen molar-refractivity contribution < 1.29 is 0 Å². The minimum Gasteiger partial charge on any atom is -0.359 e. The first-order valence-electron chi connectivity index (χ1n) is 19.9. The molecule has 0 fully saturated rings. The van der Waals surface area contributed by atoms with Gasteiger partial charge in [-0.05, 0) is 99.8 Å². The highest BCUT2D eigenvalue weighted by molar-refractivity contribution is 6.22. The Bertz CT molecular complexity index is 3540. The molecule has 0 amide bonds. The van der Waals surface area contributed by atoms with Gasteiger partial charge in [-0.15, -0.1) is 0 Å². The van der Waals surface area contributed by atoms with Gasteiger partial charge in [-0.1, -0.05) is 140 Å². The lowest BCUT2D eigenvalue weighted by Crippen LogP contribution is -2.39. The van der Waals surface area contributed by atoms with E-state index in [1.165, 1.54) is 65.5 Å². The standard InChI is InChI=1S/C54H36N4/c1-3-15-36(16-4-1)53-44-23-9-11-24-47(44)55-54(56-53)39-17-13-20-41(32-39)58-48-25-12-10-22-43(48)45-33-37(27-29-49(45)58)38-28-30-50-46(34-38)52-42-21-8-7-14-35(42)26-31-51(52)57(50)40-18-5-2-6-19-40/h1-34,54,56H. The number of aromatic nitrogens is 2. The molecule has 272 valence electrons. The third-order valence-corrected chi connectivity index (χ3v) is 11.9. The number of hydrogen-bond donors (Lipinski definition) is 1. The second-order valence-corrected chi connectivity index (χ2v) is 15.2. The van der Waals surface area contributed by atoms with E-state index in [0.29, 0.717) is 0 Å². The molecule has 3 heterocycles. The van der Waals surface area contributed by atoms with Gasteiger partial charge >= 0.3 is 0 Å². The molecule has 11 aromatic rings. The van der Waals surface area contributed by atoms with Gasteiger partial charge in [0, 0.05) is 38.1 Å². The van der Waals surface area contributed by atoms with E-state index < -0.39 is 0 Å². The van der Waals surface area contributed by atoms with Gasteiger partial charge in [0.25, 0.3) is 0 Å². The van der Waals surface area contributed by atoms with Gasteiger partial charge in [-0.25, -0.2) is 0 Å². The van der Waals surface area contributed by atoms with Gasteiger partial charge in [0.2, 0.25) is 0 Å². The summed E-state index contributed by atoms with van der Waals surface area (Å²) in [6.07, 6.45) is -0.232. The lowest BCUT2D eigenvalue weighted by atomic mass is 9.99. The highest BCUT2D eigenvalue weighted by Crippen LogP contribution is 2.40. The summed E-state index contributed by atoms with van der Waals surface area (Å²) >= 11 is 0. The van der Waals surface area contributed by atoms with E-state index in [0.717, 1.165) is 38.8 Å². The lowest BCUT2D eigenvalue weighted by molar-refractivity contribution is 0.634. The van der Waals surface area contributed by atoms with Crippen LogP contribution in [0.2, 0.25) is 0 Å². The normalized spacial score (nSPS) is 13.9. The largest absolute Gasteiger partial charge is 0.359 e.